The molecule has 4 bridgehead atoms. The molecule has 4 nitrogen and oxygen atoms in total. The molecule has 0 radical (unpaired) electrons. The van der Waals surface area contributed by atoms with Gasteiger partial charge in [-0.3, -0.25) is 4.79 Å². The fourth-order valence-corrected chi connectivity index (χ4v) is 5.49. The van der Waals surface area contributed by atoms with Crippen LogP contribution in [0.15, 0.2) is 12.2 Å². The summed E-state index contributed by atoms with van der Waals surface area (Å²) in [6.07, 6.45) is 2.27. The van der Waals surface area contributed by atoms with Crippen molar-refractivity contribution in [2.45, 2.75) is 51.9 Å². The van der Waals surface area contributed by atoms with Crippen molar-refractivity contribution in [3.05, 3.63) is 12.2 Å². The molecule has 4 aliphatic rings. The van der Waals surface area contributed by atoms with Crippen LogP contribution in [0.1, 0.15) is 45.4 Å². The minimum absolute atomic E-state index is 0.223. The average molecular weight is 342 g/mol. The van der Waals surface area contributed by atoms with Gasteiger partial charge < -0.3 is 9.47 Å². The standard InChI is InChI=1S/C18H24F2O4/c1-11(2)15(21)24-10-17-4-12-3-13(5-17)7-18(6-12,9-17)16(22)23-8-14(19)20/h12-14H,1,3-10H2,2H3. The first-order valence-corrected chi connectivity index (χ1v) is 8.52. The number of halogens is 2. The van der Waals surface area contributed by atoms with Crippen molar-refractivity contribution in [2.75, 3.05) is 13.2 Å². The fourth-order valence-electron chi connectivity index (χ4n) is 5.49. The minimum atomic E-state index is -2.65. The van der Waals surface area contributed by atoms with Crippen molar-refractivity contribution >= 4 is 11.9 Å². The Balaban J connectivity index is 1.73. The van der Waals surface area contributed by atoms with Crippen LogP contribution >= 0.6 is 0 Å². The third-order valence-electron chi connectivity index (χ3n) is 5.81. The third-order valence-corrected chi connectivity index (χ3v) is 5.81. The summed E-state index contributed by atoms with van der Waals surface area (Å²) >= 11 is 0. The predicted molar refractivity (Wildman–Crippen MR) is 82.3 cm³/mol. The van der Waals surface area contributed by atoms with E-state index in [1.165, 1.54) is 0 Å². The summed E-state index contributed by atoms with van der Waals surface area (Å²) in [5.41, 5.74) is -0.543. The largest absolute Gasteiger partial charge is 0.462 e. The fraction of sp³-hybridized carbons (Fsp3) is 0.778. The van der Waals surface area contributed by atoms with Crippen LogP contribution in [-0.2, 0) is 19.1 Å². The SMILES string of the molecule is C=C(C)C(=O)OCC12CC3CC(C1)CC(C(=O)OCC(F)F)(C3)C2. The Hall–Kier alpha value is -1.46. The van der Waals surface area contributed by atoms with Crippen LogP contribution < -0.4 is 0 Å². The monoisotopic (exact) mass is 342 g/mol. The van der Waals surface area contributed by atoms with Crippen LogP contribution in [-0.4, -0.2) is 31.6 Å². The van der Waals surface area contributed by atoms with Gasteiger partial charge in [-0.25, -0.2) is 13.6 Å². The second kappa shape index (κ2) is 6.12. The van der Waals surface area contributed by atoms with Crippen LogP contribution in [0.2, 0.25) is 0 Å². The van der Waals surface area contributed by atoms with Crippen molar-refractivity contribution in [1.29, 1.82) is 0 Å². The molecular weight excluding hydrogens is 318 g/mol. The number of ether oxygens (including phenoxy) is 2. The summed E-state index contributed by atoms with van der Waals surface area (Å²) in [4.78, 5) is 24.2. The van der Waals surface area contributed by atoms with Gasteiger partial charge in [0.2, 0.25) is 0 Å². The molecule has 2 unspecified atom stereocenters. The van der Waals surface area contributed by atoms with Gasteiger partial charge in [0.05, 0.1) is 12.0 Å². The molecule has 0 aromatic heterocycles. The zero-order valence-corrected chi connectivity index (χ0v) is 14.0. The Labute approximate surface area is 140 Å². The summed E-state index contributed by atoms with van der Waals surface area (Å²) < 4.78 is 35.1. The van der Waals surface area contributed by atoms with Gasteiger partial charge in [0.25, 0.3) is 6.43 Å². The normalized spacial score (nSPS) is 36.7. The van der Waals surface area contributed by atoms with E-state index < -0.39 is 30.4 Å². The summed E-state index contributed by atoms with van der Waals surface area (Å²) in [5.74, 6) is -0.143. The topological polar surface area (TPSA) is 52.6 Å². The van der Waals surface area contributed by atoms with E-state index in [-0.39, 0.29) is 12.0 Å². The molecule has 2 atom stereocenters. The maximum absolute atomic E-state index is 12.5. The highest BCUT2D eigenvalue weighted by molar-refractivity contribution is 5.87. The number of carbonyl (C=O) groups excluding carboxylic acids is 2. The van der Waals surface area contributed by atoms with Crippen molar-refractivity contribution in [3.8, 4) is 0 Å². The Morgan fingerprint density at radius 2 is 1.79 bits per heavy atom. The highest BCUT2D eigenvalue weighted by Crippen LogP contribution is 2.65. The van der Waals surface area contributed by atoms with Crippen LogP contribution in [0.3, 0.4) is 0 Å². The maximum Gasteiger partial charge on any atom is 0.333 e. The quantitative estimate of drug-likeness (QED) is 0.548. The molecule has 0 saturated heterocycles. The molecule has 134 valence electrons. The first-order chi connectivity index (χ1) is 11.2. The second-order valence-corrected chi connectivity index (χ2v) is 8.09. The molecule has 4 aliphatic carbocycles. The van der Waals surface area contributed by atoms with E-state index in [4.69, 9.17) is 9.47 Å². The van der Waals surface area contributed by atoms with E-state index in [0.29, 0.717) is 36.7 Å². The number of hydrogen-bond acceptors (Lipinski definition) is 4. The van der Waals surface area contributed by atoms with E-state index in [0.717, 1.165) is 19.3 Å². The molecule has 0 aliphatic heterocycles. The molecule has 0 aromatic carbocycles. The lowest BCUT2D eigenvalue weighted by molar-refractivity contribution is -0.190. The third kappa shape index (κ3) is 3.20. The molecule has 0 amide bonds. The Bertz CT molecular complexity index is 543. The van der Waals surface area contributed by atoms with Crippen LogP contribution in [0.5, 0.6) is 0 Å². The van der Waals surface area contributed by atoms with Gasteiger partial charge in [0, 0.05) is 11.0 Å². The van der Waals surface area contributed by atoms with Crippen molar-refractivity contribution in [3.63, 3.8) is 0 Å². The highest BCUT2D eigenvalue weighted by atomic mass is 19.3. The summed E-state index contributed by atoms with van der Waals surface area (Å²) in [6, 6.07) is 0. The van der Waals surface area contributed by atoms with E-state index in [1.807, 2.05) is 0 Å². The van der Waals surface area contributed by atoms with Gasteiger partial charge in [0.1, 0.15) is 0 Å². The van der Waals surface area contributed by atoms with Gasteiger partial charge in [-0.05, 0) is 57.3 Å². The summed E-state index contributed by atoms with van der Waals surface area (Å²) in [7, 11) is 0. The van der Waals surface area contributed by atoms with Crippen molar-refractivity contribution in [2.24, 2.45) is 22.7 Å². The summed E-state index contributed by atoms with van der Waals surface area (Å²) in [6.45, 7) is 4.62. The zero-order valence-electron chi connectivity index (χ0n) is 14.0. The zero-order chi connectivity index (χ0) is 17.5. The van der Waals surface area contributed by atoms with Gasteiger partial charge in [-0.1, -0.05) is 6.58 Å². The molecule has 0 aromatic rings. The lowest BCUT2D eigenvalue weighted by atomic mass is 9.44. The van der Waals surface area contributed by atoms with Crippen molar-refractivity contribution < 1.29 is 27.8 Å². The molecule has 6 heteroatoms. The van der Waals surface area contributed by atoms with Crippen LogP contribution in [0.4, 0.5) is 8.78 Å². The molecular formula is C18H24F2O4. The number of alkyl halides is 2. The molecule has 24 heavy (non-hydrogen) atoms. The van der Waals surface area contributed by atoms with E-state index in [2.05, 4.69) is 6.58 Å². The number of rotatable bonds is 6. The second-order valence-electron chi connectivity index (χ2n) is 8.09. The Morgan fingerprint density at radius 1 is 1.17 bits per heavy atom. The molecule has 4 saturated carbocycles. The number of hydrogen-bond donors (Lipinski definition) is 0. The maximum atomic E-state index is 12.5. The Kier molecular flexibility index (Phi) is 4.43. The van der Waals surface area contributed by atoms with Gasteiger partial charge >= 0.3 is 11.9 Å². The first kappa shape index (κ1) is 17.4. The van der Waals surface area contributed by atoms with E-state index >= 15 is 0 Å². The average Bonchev–Trinajstić information content (AvgIpc) is 2.48. The lowest BCUT2D eigenvalue weighted by Gasteiger charge is -2.60. The Morgan fingerprint density at radius 3 is 2.33 bits per heavy atom. The van der Waals surface area contributed by atoms with Gasteiger partial charge in [0.15, 0.2) is 6.61 Å². The number of esters is 2. The highest BCUT2D eigenvalue weighted by Gasteiger charge is 2.61. The molecule has 0 spiro atoms. The van der Waals surface area contributed by atoms with Gasteiger partial charge in [-0.15, -0.1) is 0 Å². The molecule has 0 N–H and O–H groups in total. The molecule has 4 rings (SSSR count). The smallest absolute Gasteiger partial charge is 0.333 e. The molecule has 0 heterocycles. The lowest BCUT2D eigenvalue weighted by Crippen LogP contribution is -2.57. The first-order valence-electron chi connectivity index (χ1n) is 8.52. The van der Waals surface area contributed by atoms with Crippen LogP contribution in [0, 0.1) is 22.7 Å². The van der Waals surface area contributed by atoms with E-state index in [9.17, 15) is 18.4 Å². The van der Waals surface area contributed by atoms with Crippen LogP contribution in [0.25, 0.3) is 0 Å². The summed E-state index contributed by atoms with van der Waals surface area (Å²) in [5, 5.41) is 0. The predicted octanol–water partition coefficient (Wildman–Crippen LogP) is 3.50. The van der Waals surface area contributed by atoms with Gasteiger partial charge in [-0.2, -0.15) is 0 Å². The molecule has 4 fully saturated rings. The van der Waals surface area contributed by atoms with Crippen molar-refractivity contribution in [1.82, 2.24) is 0 Å². The minimum Gasteiger partial charge on any atom is -0.462 e. The van der Waals surface area contributed by atoms with E-state index in [1.54, 1.807) is 6.92 Å². The number of carbonyl (C=O) groups is 2.